The minimum absolute atomic E-state index is 0.242. The lowest BCUT2D eigenvalue weighted by molar-refractivity contribution is 0.0979. The van der Waals surface area contributed by atoms with Crippen LogP contribution in [-0.4, -0.2) is 11.2 Å². The van der Waals surface area contributed by atoms with Gasteiger partial charge in [-0.2, -0.15) is 0 Å². The molecule has 2 heteroatoms. The Kier molecular flexibility index (Phi) is 3.85. The van der Waals surface area contributed by atoms with Gasteiger partial charge < -0.3 is 5.11 Å². The number of hydrogen-bond acceptors (Lipinski definition) is 2. The number of fused-ring (bicyclic) bond motifs is 1. The molecule has 0 amide bonds. The quantitative estimate of drug-likeness (QED) is 0.863. The van der Waals surface area contributed by atoms with Crippen LogP contribution in [0.3, 0.4) is 0 Å². The molecule has 1 nitrogen and oxygen atoms in total. The highest BCUT2D eigenvalue weighted by atomic mass is 32.1. The normalized spacial score (nSPS) is 15.4. The van der Waals surface area contributed by atoms with Crippen LogP contribution in [0.4, 0.5) is 0 Å². The van der Waals surface area contributed by atoms with Crippen molar-refractivity contribution in [3.63, 3.8) is 0 Å². The topological polar surface area (TPSA) is 20.2 Å². The second-order valence-electron chi connectivity index (χ2n) is 5.11. The molecule has 0 aliphatic rings. The molecule has 0 saturated carbocycles. The maximum atomic E-state index is 9.86. The first kappa shape index (κ1) is 12.6. The Bertz CT molecular complexity index is 476. The summed E-state index contributed by atoms with van der Waals surface area (Å²) in [5.41, 5.74) is 1.38. The molecule has 92 valence electrons. The van der Waals surface area contributed by atoms with Crippen LogP contribution < -0.4 is 0 Å². The van der Waals surface area contributed by atoms with Gasteiger partial charge >= 0.3 is 0 Å². The van der Waals surface area contributed by atoms with Gasteiger partial charge in [-0.25, -0.2) is 0 Å². The van der Waals surface area contributed by atoms with Crippen molar-refractivity contribution in [1.82, 2.24) is 0 Å². The summed E-state index contributed by atoms with van der Waals surface area (Å²) in [6, 6.07) is 8.51. The predicted octanol–water partition coefficient (Wildman–Crippen LogP) is 4.10. The van der Waals surface area contributed by atoms with Gasteiger partial charge in [-0.3, -0.25) is 0 Å². The summed E-state index contributed by atoms with van der Waals surface area (Å²) >= 11 is 1.80. The standard InChI is InChI=1S/C15H20OS/c1-10(2)14(11(3)16)8-12-9-17-15-7-5-4-6-13(12)15/h4-7,9-11,14,16H,8H2,1-3H3. The number of aliphatic hydroxyl groups is 1. The third-order valence-corrected chi connectivity index (χ3v) is 4.51. The van der Waals surface area contributed by atoms with Crippen molar-refractivity contribution >= 4 is 21.4 Å². The fourth-order valence-corrected chi connectivity index (χ4v) is 3.38. The molecule has 0 bridgehead atoms. The van der Waals surface area contributed by atoms with Crippen molar-refractivity contribution in [2.45, 2.75) is 33.3 Å². The highest BCUT2D eigenvalue weighted by Gasteiger charge is 2.20. The smallest absolute Gasteiger partial charge is 0.0545 e. The maximum Gasteiger partial charge on any atom is 0.0545 e. The summed E-state index contributed by atoms with van der Waals surface area (Å²) in [7, 11) is 0. The monoisotopic (exact) mass is 248 g/mol. The van der Waals surface area contributed by atoms with Crippen molar-refractivity contribution in [3.05, 3.63) is 35.2 Å². The first-order valence-electron chi connectivity index (χ1n) is 6.22. The van der Waals surface area contributed by atoms with Crippen molar-refractivity contribution in [2.75, 3.05) is 0 Å². The van der Waals surface area contributed by atoms with Gasteiger partial charge in [0, 0.05) is 4.70 Å². The molecule has 2 atom stereocenters. The average molecular weight is 248 g/mol. The Morgan fingerprint density at radius 3 is 2.53 bits per heavy atom. The summed E-state index contributed by atoms with van der Waals surface area (Å²) < 4.78 is 1.34. The van der Waals surface area contributed by atoms with Gasteiger partial charge in [-0.1, -0.05) is 32.0 Å². The Hall–Kier alpha value is -0.860. The zero-order chi connectivity index (χ0) is 12.4. The number of aliphatic hydroxyl groups excluding tert-OH is 1. The van der Waals surface area contributed by atoms with Crippen LogP contribution >= 0.6 is 11.3 Å². The van der Waals surface area contributed by atoms with E-state index >= 15 is 0 Å². The van der Waals surface area contributed by atoms with Gasteiger partial charge in [-0.05, 0) is 47.6 Å². The van der Waals surface area contributed by atoms with E-state index in [0.29, 0.717) is 11.8 Å². The average Bonchev–Trinajstić information content (AvgIpc) is 2.68. The number of hydrogen-bond donors (Lipinski definition) is 1. The van der Waals surface area contributed by atoms with Gasteiger partial charge in [-0.15, -0.1) is 11.3 Å². The second kappa shape index (κ2) is 5.19. The van der Waals surface area contributed by atoms with Crippen LogP contribution in [-0.2, 0) is 6.42 Å². The van der Waals surface area contributed by atoms with E-state index in [9.17, 15) is 5.11 Å². The van der Waals surface area contributed by atoms with Crippen LogP contribution in [0, 0.1) is 11.8 Å². The van der Waals surface area contributed by atoms with E-state index in [1.807, 2.05) is 6.92 Å². The first-order chi connectivity index (χ1) is 8.09. The molecule has 1 heterocycles. The number of thiophene rings is 1. The van der Waals surface area contributed by atoms with Gasteiger partial charge in [0.15, 0.2) is 0 Å². The molecule has 2 aromatic rings. The third-order valence-electron chi connectivity index (χ3n) is 3.49. The Morgan fingerprint density at radius 2 is 1.88 bits per heavy atom. The SMILES string of the molecule is CC(C)C(Cc1csc2ccccc12)C(C)O. The van der Waals surface area contributed by atoms with E-state index in [1.54, 1.807) is 11.3 Å². The van der Waals surface area contributed by atoms with E-state index in [1.165, 1.54) is 15.6 Å². The van der Waals surface area contributed by atoms with Gasteiger partial charge in [0.05, 0.1) is 6.10 Å². The molecule has 0 saturated heterocycles. The molecule has 17 heavy (non-hydrogen) atoms. The predicted molar refractivity (Wildman–Crippen MR) is 75.5 cm³/mol. The van der Waals surface area contributed by atoms with Crippen molar-refractivity contribution in [2.24, 2.45) is 11.8 Å². The van der Waals surface area contributed by atoms with Crippen molar-refractivity contribution in [1.29, 1.82) is 0 Å². The van der Waals surface area contributed by atoms with E-state index < -0.39 is 0 Å². The summed E-state index contributed by atoms with van der Waals surface area (Å²) in [4.78, 5) is 0. The molecular weight excluding hydrogens is 228 g/mol. The summed E-state index contributed by atoms with van der Waals surface area (Å²) in [6.07, 6.45) is 0.730. The van der Waals surface area contributed by atoms with E-state index in [-0.39, 0.29) is 6.10 Å². The minimum atomic E-state index is -0.242. The molecule has 0 aliphatic heterocycles. The second-order valence-corrected chi connectivity index (χ2v) is 6.02. The van der Waals surface area contributed by atoms with Crippen molar-refractivity contribution < 1.29 is 5.11 Å². The molecular formula is C15H20OS. The highest BCUT2D eigenvalue weighted by Crippen LogP contribution is 2.30. The minimum Gasteiger partial charge on any atom is -0.393 e. The third kappa shape index (κ3) is 2.70. The lowest BCUT2D eigenvalue weighted by Crippen LogP contribution is -2.24. The lowest BCUT2D eigenvalue weighted by atomic mass is 9.85. The lowest BCUT2D eigenvalue weighted by Gasteiger charge is -2.23. The van der Waals surface area contributed by atoms with Crippen LogP contribution in [0.15, 0.2) is 29.6 Å². The molecule has 2 rings (SSSR count). The van der Waals surface area contributed by atoms with Crippen LogP contribution in [0.25, 0.3) is 10.1 Å². The zero-order valence-corrected chi connectivity index (χ0v) is 11.5. The van der Waals surface area contributed by atoms with Gasteiger partial charge in [0.25, 0.3) is 0 Å². The Morgan fingerprint density at radius 1 is 1.18 bits per heavy atom. The zero-order valence-electron chi connectivity index (χ0n) is 10.7. The van der Waals surface area contributed by atoms with Crippen molar-refractivity contribution in [3.8, 4) is 0 Å². The van der Waals surface area contributed by atoms with E-state index in [4.69, 9.17) is 0 Å². The fourth-order valence-electron chi connectivity index (χ4n) is 2.41. The van der Waals surface area contributed by atoms with Gasteiger partial charge in [0.2, 0.25) is 0 Å². The molecule has 0 spiro atoms. The Labute approximate surface area is 107 Å². The number of benzene rings is 1. The first-order valence-corrected chi connectivity index (χ1v) is 7.10. The maximum absolute atomic E-state index is 9.86. The Balaban J connectivity index is 2.28. The molecule has 0 aliphatic carbocycles. The van der Waals surface area contributed by atoms with E-state index in [2.05, 4.69) is 43.5 Å². The highest BCUT2D eigenvalue weighted by molar-refractivity contribution is 7.17. The van der Waals surface area contributed by atoms with Crippen LogP contribution in [0.2, 0.25) is 0 Å². The largest absolute Gasteiger partial charge is 0.393 e. The summed E-state index contributed by atoms with van der Waals surface area (Å²) in [5, 5.41) is 13.4. The molecule has 0 radical (unpaired) electrons. The van der Waals surface area contributed by atoms with Crippen LogP contribution in [0.5, 0.6) is 0 Å². The summed E-state index contributed by atoms with van der Waals surface area (Å²) in [6.45, 7) is 6.27. The summed E-state index contributed by atoms with van der Waals surface area (Å²) in [5.74, 6) is 0.849. The molecule has 1 aromatic heterocycles. The molecule has 2 unspecified atom stereocenters. The van der Waals surface area contributed by atoms with E-state index in [0.717, 1.165) is 6.42 Å². The fraction of sp³-hybridized carbons (Fsp3) is 0.467. The number of rotatable bonds is 4. The van der Waals surface area contributed by atoms with Crippen LogP contribution in [0.1, 0.15) is 26.3 Å². The van der Waals surface area contributed by atoms with Gasteiger partial charge in [0.1, 0.15) is 0 Å². The molecule has 0 fully saturated rings. The molecule has 1 N–H and O–H groups in total. The molecule has 1 aromatic carbocycles.